The predicted molar refractivity (Wildman–Crippen MR) is 39.2 cm³/mol. The average Bonchev–Trinajstić information content (AvgIpc) is 2.60. The molecule has 0 radical (unpaired) electrons. The molecule has 0 N–H and O–H groups in total. The summed E-state index contributed by atoms with van der Waals surface area (Å²) in [4.78, 5) is 0. The Hall–Kier alpha value is 0. The minimum atomic E-state index is 0.793. The van der Waals surface area contributed by atoms with Crippen molar-refractivity contribution in [2.45, 2.75) is 39.5 Å². The van der Waals surface area contributed by atoms with Crippen LogP contribution in [0.1, 0.15) is 39.5 Å². The first-order chi connectivity index (χ1) is 4.26. The van der Waals surface area contributed by atoms with Crippen molar-refractivity contribution in [1.29, 1.82) is 0 Å². The van der Waals surface area contributed by atoms with Crippen LogP contribution in [-0.4, -0.2) is 0 Å². The summed E-state index contributed by atoms with van der Waals surface area (Å²) in [6, 6.07) is 0. The van der Waals surface area contributed by atoms with Crippen molar-refractivity contribution in [2.75, 3.05) is 0 Å². The Morgan fingerprint density at radius 2 is 2.11 bits per heavy atom. The van der Waals surface area contributed by atoms with Gasteiger partial charge in [-0.05, 0) is 36.5 Å². The van der Waals surface area contributed by atoms with Crippen molar-refractivity contribution in [3.63, 3.8) is 0 Å². The molecule has 9 heavy (non-hydrogen) atoms. The molecular formula is C9H16. The van der Waals surface area contributed by atoms with Gasteiger partial charge in [0, 0.05) is 0 Å². The summed E-state index contributed by atoms with van der Waals surface area (Å²) in [7, 11) is 0. The molecule has 0 aliphatic heterocycles. The summed E-state index contributed by atoms with van der Waals surface area (Å²) in [6.45, 7) is 4.79. The molecule has 0 saturated heterocycles. The second-order valence-corrected chi connectivity index (χ2v) is 4.16. The van der Waals surface area contributed by atoms with Crippen molar-refractivity contribution >= 4 is 0 Å². The lowest BCUT2D eigenvalue weighted by atomic mass is 10.0. The van der Waals surface area contributed by atoms with E-state index in [0.717, 1.165) is 17.3 Å². The van der Waals surface area contributed by atoms with E-state index in [-0.39, 0.29) is 0 Å². The average molecular weight is 124 g/mol. The molecule has 0 amide bonds. The Labute approximate surface area is 57.6 Å². The molecule has 2 aliphatic carbocycles. The molecule has 2 atom stereocenters. The van der Waals surface area contributed by atoms with E-state index in [1.807, 2.05) is 0 Å². The van der Waals surface area contributed by atoms with Gasteiger partial charge in [0.2, 0.25) is 0 Å². The van der Waals surface area contributed by atoms with Gasteiger partial charge in [-0.3, -0.25) is 0 Å². The fraction of sp³-hybridized carbons (Fsp3) is 1.00. The second kappa shape index (κ2) is 1.53. The van der Waals surface area contributed by atoms with Crippen LogP contribution < -0.4 is 0 Å². The zero-order valence-electron chi connectivity index (χ0n) is 6.48. The SMILES string of the molecule is CCC1(C)CC1C1CC1. The van der Waals surface area contributed by atoms with E-state index in [4.69, 9.17) is 0 Å². The monoisotopic (exact) mass is 124 g/mol. The summed E-state index contributed by atoms with van der Waals surface area (Å²) < 4.78 is 0. The van der Waals surface area contributed by atoms with E-state index < -0.39 is 0 Å². The second-order valence-electron chi connectivity index (χ2n) is 4.16. The van der Waals surface area contributed by atoms with Crippen LogP contribution in [0.4, 0.5) is 0 Å². The van der Waals surface area contributed by atoms with Crippen LogP contribution in [0, 0.1) is 17.3 Å². The maximum absolute atomic E-state index is 2.45. The Bertz CT molecular complexity index is 124. The molecule has 0 heteroatoms. The van der Waals surface area contributed by atoms with Crippen molar-refractivity contribution in [1.82, 2.24) is 0 Å². The van der Waals surface area contributed by atoms with Crippen molar-refractivity contribution in [3.8, 4) is 0 Å². The van der Waals surface area contributed by atoms with Gasteiger partial charge < -0.3 is 0 Å². The zero-order chi connectivity index (χ0) is 6.48. The highest BCUT2D eigenvalue weighted by molar-refractivity contribution is 5.04. The summed E-state index contributed by atoms with van der Waals surface area (Å²) in [5.74, 6) is 2.30. The highest BCUT2D eigenvalue weighted by Gasteiger charge is 2.54. The quantitative estimate of drug-likeness (QED) is 0.531. The van der Waals surface area contributed by atoms with Crippen LogP contribution in [0.15, 0.2) is 0 Å². The zero-order valence-corrected chi connectivity index (χ0v) is 6.48. The van der Waals surface area contributed by atoms with E-state index in [2.05, 4.69) is 13.8 Å². The molecule has 0 spiro atoms. The summed E-state index contributed by atoms with van der Waals surface area (Å²) >= 11 is 0. The maximum Gasteiger partial charge on any atom is -0.0294 e. The smallest absolute Gasteiger partial charge is 0.0294 e. The molecule has 2 aliphatic rings. The van der Waals surface area contributed by atoms with E-state index in [1.165, 1.54) is 12.8 Å². The van der Waals surface area contributed by atoms with Crippen LogP contribution in [0.5, 0.6) is 0 Å². The summed E-state index contributed by atoms with van der Waals surface area (Å²) in [6.07, 6.45) is 6.03. The third-order valence-electron chi connectivity index (χ3n) is 3.42. The molecule has 2 rings (SSSR count). The van der Waals surface area contributed by atoms with E-state index in [0.29, 0.717) is 0 Å². The molecule has 0 aromatic rings. The molecule has 0 bridgehead atoms. The van der Waals surface area contributed by atoms with Crippen LogP contribution >= 0.6 is 0 Å². The topological polar surface area (TPSA) is 0 Å². The third kappa shape index (κ3) is 0.798. The summed E-state index contributed by atoms with van der Waals surface area (Å²) in [5.41, 5.74) is 0.793. The van der Waals surface area contributed by atoms with Gasteiger partial charge in [-0.25, -0.2) is 0 Å². The van der Waals surface area contributed by atoms with Crippen molar-refractivity contribution < 1.29 is 0 Å². The van der Waals surface area contributed by atoms with Crippen LogP contribution in [-0.2, 0) is 0 Å². The lowest BCUT2D eigenvalue weighted by Gasteiger charge is -2.04. The Morgan fingerprint density at radius 3 is 2.44 bits per heavy atom. The Kier molecular flexibility index (Phi) is 0.980. The maximum atomic E-state index is 2.45. The number of hydrogen-bond donors (Lipinski definition) is 0. The van der Waals surface area contributed by atoms with Gasteiger partial charge in [-0.1, -0.05) is 20.3 Å². The van der Waals surface area contributed by atoms with Crippen LogP contribution in [0.3, 0.4) is 0 Å². The minimum absolute atomic E-state index is 0.793. The van der Waals surface area contributed by atoms with Crippen molar-refractivity contribution in [2.24, 2.45) is 17.3 Å². The van der Waals surface area contributed by atoms with Gasteiger partial charge in [-0.2, -0.15) is 0 Å². The molecule has 52 valence electrons. The minimum Gasteiger partial charge on any atom is -0.0649 e. The van der Waals surface area contributed by atoms with Crippen molar-refractivity contribution in [3.05, 3.63) is 0 Å². The lowest BCUT2D eigenvalue weighted by molar-refractivity contribution is 0.457. The fourth-order valence-corrected chi connectivity index (χ4v) is 2.08. The predicted octanol–water partition coefficient (Wildman–Crippen LogP) is 2.83. The molecule has 2 saturated carbocycles. The Morgan fingerprint density at radius 1 is 1.44 bits per heavy atom. The van der Waals surface area contributed by atoms with Crippen LogP contribution in [0.25, 0.3) is 0 Å². The largest absolute Gasteiger partial charge is 0.0649 e. The first-order valence-electron chi connectivity index (χ1n) is 4.26. The fourth-order valence-electron chi connectivity index (χ4n) is 2.08. The van der Waals surface area contributed by atoms with Gasteiger partial charge >= 0.3 is 0 Å². The molecule has 2 fully saturated rings. The molecule has 0 aromatic heterocycles. The molecule has 2 unspecified atom stereocenters. The Balaban J connectivity index is 1.92. The molecule has 0 nitrogen and oxygen atoms in total. The lowest BCUT2D eigenvalue weighted by Crippen LogP contribution is -1.95. The highest BCUT2D eigenvalue weighted by Crippen LogP contribution is 2.64. The van der Waals surface area contributed by atoms with Gasteiger partial charge in [0.15, 0.2) is 0 Å². The molecule has 0 heterocycles. The van der Waals surface area contributed by atoms with Gasteiger partial charge in [0.25, 0.3) is 0 Å². The van der Waals surface area contributed by atoms with E-state index >= 15 is 0 Å². The normalized spacial score (nSPS) is 49.3. The number of hydrogen-bond acceptors (Lipinski definition) is 0. The van der Waals surface area contributed by atoms with Gasteiger partial charge in [0.1, 0.15) is 0 Å². The van der Waals surface area contributed by atoms with Gasteiger partial charge in [0.05, 0.1) is 0 Å². The van der Waals surface area contributed by atoms with E-state index in [9.17, 15) is 0 Å². The standard InChI is InChI=1S/C9H16/c1-3-9(2)6-8(9)7-4-5-7/h7-8H,3-6H2,1-2H3. The first kappa shape index (κ1) is 5.76. The highest BCUT2D eigenvalue weighted by atomic mass is 14.6. The first-order valence-corrected chi connectivity index (χ1v) is 4.26. The molecular weight excluding hydrogens is 108 g/mol. The van der Waals surface area contributed by atoms with Crippen LogP contribution in [0.2, 0.25) is 0 Å². The number of rotatable bonds is 2. The third-order valence-corrected chi connectivity index (χ3v) is 3.42. The summed E-state index contributed by atoms with van der Waals surface area (Å²) in [5, 5.41) is 0. The van der Waals surface area contributed by atoms with E-state index in [1.54, 1.807) is 12.8 Å². The molecule has 0 aromatic carbocycles. The van der Waals surface area contributed by atoms with Gasteiger partial charge in [-0.15, -0.1) is 0 Å².